The van der Waals surface area contributed by atoms with Crippen molar-refractivity contribution in [3.63, 3.8) is 0 Å². The third-order valence-corrected chi connectivity index (χ3v) is 4.03. The number of carbonyl (C=O) groups is 2. The molecule has 1 aliphatic heterocycles. The summed E-state index contributed by atoms with van der Waals surface area (Å²) in [6.07, 6.45) is -6.06. The van der Waals surface area contributed by atoms with Crippen LogP contribution in [0.5, 0.6) is 0 Å². The second-order valence-corrected chi connectivity index (χ2v) is 6.23. The van der Waals surface area contributed by atoms with Gasteiger partial charge in [0, 0.05) is 6.42 Å². The van der Waals surface area contributed by atoms with E-state index in [1.165, 1.54) is 6.08 Å². The van der Waals surface area contributed by atoms with Gasteiger partial charge in [0.1, 0.15) is 18.9 Å². The number of carbonyl (C=O) groups excluding carboxylic acids is 2. The Morgan fingerprint density at radius 2 is 2.12 bits per heavy atom. The van der Waals surface area contributed by atoms with Gasteiger partial charge in [-0.2, -0.15) is 0 Å². The van der Waals surface area contributed by atoms with Crippen LogP contribution in [0.4, 0.5) is 22.4 Å². The van der Waals surface area contributed by atoms with E-state index in [0.717, 1.165) is 17.1 Å². The van der Waals surface area contributed by atoms with Crippen LogP contribution in [0.1, 0.15) is 26.7 Å². The number of alkyl halides is 4. The van der Waals surface area contributed by atoms with Crippen LogP contribution in [0.2, 0.25) is 0 Å². The van der Waals surface area contributed by atoms with E-state index in [-0.39, 0.29) is 31.4 Å². The van der Waals surface area contributed by atoms with Crippen LogP contribution in [-0.4, -0.2) is 48.2 Å². The number of imide groups is 1. The first-order valence-corrected chi connectivity index (χ1v) is 7.85. The number of ether oxygens (including phenoxy) is 2. The zero-order valence-corrected chi connectivity index (χ0v) is 13.8. The van der Waals surface area contributed by atoms with Crippen LogP contribution in [-0.2, 0) is 14.3 Å². The maximum Gasteiger partial charge on any atom is 0.523 e. The van der Waals surface area contributed by atoms with Gasteiger partial charge in [0.25, 0.3) is 0 Å². The number of halogens is 4. The van der Waals surface area contributed by atoms with Crippen molar-refractivity contribution in [1.82, 2.24) is 4.90 Å². The van der Waals surface area contributed by atoms with Crippen molar-refractivity contribution in [1.29, 1.82) is 0 Å². The van der Waals surface area contributed by atoms with E-state index < -0.39 is 30.6 Å². The molecule has 0 bridgehead atoms. The molecule has 140 valence electrons. The Balaban J connectivity index is 1.91. The number of allylic oxidation sites excluding steroid dienone is 2. The van der Waals surface area contributed by atoms with Gasteiger partial charge in [-0.1, -0.05) is 26.0 Å². The van der Waals surface area contributed by atoms with Crippen LogP contribution in [0.25, 0.3) is 0 Å². The predicted octanol–water partition coefficient (Wildman–Crippen LogP) is 3.51. The van der Waals surface area contributed by atoms with Gasteiger partial charge in [-0.05, 0) is 24.0 Å². The summed E-state index contributed by atoms with van der Waals surface area (Å²) in [5.74, 6) is -0.431. The van der Waals surface area contributed by atoms with Gasteiger partial charge in [0.15, 0.2) is 0 Å². The summed E-state index contributed by atoms with van der Waals surface area (Å²) in [6, 6.07) is -0.352. The van der Waals surface area contributed by atoms with Crippen molar-refractivity contribution in [2.24, 2.45) is 5.92 Å². The Hall–Kier alpha value is -1.90. The van der Waals surface area contributed by atoms with Gasteiger partial charge in [-0.25, -0.2) is 14.1 Å². The summed E-state index contributed by atoms with van der Waals surface area (Å²) in [5.41, 5.74) is 0.372. The van der Waals surface area contributed by atoms with Crippen molar-refractivity contribution >= 4 is 12.0 Å². The number of nitrogens with zero attached hydrogens (tertiary/aromatic N) is 1. The van der Waals surface area contributed by atoms with Crippen LogP contribution in [0, 0.1) is 5.92 Å². The molecule has 0 spiro atoms. The average molecular weight is 365 g/mol. The van der Waals surface area contributed by atoms with Crippen LogP contribution < -0.4 is 0 Å². The molecule has 0 aromatic rings. The highest BCUT2D eigenvalue weighted by Gasteiger charge is 2.39. The molecular formula is C16H19F4NO4. The molecule has 2 aliphatic rings. The van der Waals surface area contributed by atoms with Crippen molar-refractivity contribution in [3.8, 4) is 0 Å². The molecule has 0 aromatic heterocycles. The molecule has 0 aromatic carbocycles. The number of hydrogen-bond acceptors (Lipinski definition) is 4. The Bertz CT molecular complexity index is 585. The third kappa shape index (κ3) is 5.04. The summed E-state index contributed by atoms with van der Waals surface area (Å²) in [7, 11) is 0. The smallest absolute Gasteiger partial charge is 0.447 e. The van der Waals surface area contributed by atoms with E-state index >= 15 is 0 Å². The standard InChI is InChI=1S/C16H19F4NO4/c1-9(2)12-8-24-15(23)21(12)14(22)6-4-10-3-5-13(11(17)7-10)25-16(18,19)20/h3,5,7,9,11-13H,4,6,8H2,1-2H3/t11?,12-,13?/m0/s1. The van der Waals surface area contributed by atoms with E-state index in [1.54, 1.807) is 0 Å². The highest BCUT2D eigenvalue weighted by Crippen LogP contribution is 2.27. The second kappa shape index (κ2) is 7.55. The fourth-order valence-electron chi connectivity index (χ4n) is 2.69. The molecule has 5 nitrogen and oxygen atoms in total. The molecule has 1 heterocycles. The summed E-state index contributed by atoms with van der Waals surface area (Å²) in [6.45, 7) is 3.84. The maximum absolute atomic E-state index is 13.8. The SMILES string of the molecule is CC(C)[C@@H]1COC(=O)N1C(=O)CCC1=CC(F)C(OC(F)(F)F)C=C1. The van der Waals surface area contributed by atoms with Gasteiger partial charge >= 0.3 is 12.5 Å². The molecule has 0 saturated carbocycles. The van der Waals surface area contributed by atoms with Crippen molar-refractivity contribution in [2.45, 2.75) is 51.4 Å². The molecule has 0 N–H and O–H groups in total. The van der Waals surface area contributed by atoms with Crippen LogP contribution >= 0.6 is 0 Å². The number of amides is 2. The number of cyclic esters (lactones) is 1. The van der Waals surface area contributed by atoms with E-state index in [4.69, 9.17) is 4.74 Å². The zero-order valence-electron chi connectivity index (χ0n) is 13.8. The Labute approximate surface area is 142 Å². The summed E-state index contributed by atoms with van der Waals surface area (Å²) < 4.78 is 58.7. The fourth-order valence-corrected chi connectivity index (χ4v) is 2.69. The minimum Gasteiger partial charge on any atom is -0.447 e. The van der Waals surface area contributed by atoms with E-state index in [2.05, 4.69) is 4.74 Å². The highest BCUT2D eigenvalue weighted by atomic mass is 19.4. The lowest BCUT2D eigenvalue weighted by Crippen LogP contribution is -2.41. The lowest BCUT2D eigenvalue weighted by Gasteiger charge is -2.23. The topological polar surface area (TPSA) is 55.8 Å². The van der Waals surface area contributed by atoms with Crippen molar-refractivity contribution in [2.75, 3.05) is 6.61 Å². The van der Waals surface area contributed by atoms with E-state index in [1.807, 2.05) is 13.8 Å². The van der Waals surface area contributed by atoms with E-state index in [9.17, 15) is 27.2 Å². The second-order valence-electron chi connectivity index (χ2n) is 6.23. The fraction of sp³-hybridized carbons (Fsp3) is 0.625. The van der Waals surface area contributed by atoms with Gasteiger partial charge in [0.05, 0.1) is 6.04 Å². The van der Waals surface area contributed by atoms with E-state index in [0.29, 0.717) is 5.57 Å². The first-order valence-electron chi connectivity index (χ1n) is 7.85. The lowest BCUT2D eigenvalue weighted by atomic mass is 9.99. The van der Waals surface area contributed by atoms with Crippen LogP contribution in [0.3, 0.4) is 0 Å². The number of hydrogen-bond donors (Lipinski definition) is 0. The summed E-state index contributed by atoms with van der Waals surface area (Å²) in [4.78, 5) is 25.0. The van der Waals surface area contributed by atoms with Gasteiger partial charge in [0.2, 0.25) is 5.91 Å². The monoisotopic (exact) mass is 365 g/mol. The molecule has 2 amide bonds. The summed E-state index contributed by atoms with van der Waals surface area (Å²) in [5, 5.41) is 0. The minimum absolute atomic E-state index is 0.0275. The first-order chi connectivity index (χ1) is 11.6. The van der Waals surface area contributed by atoms with Crippen molar-refractivity contribution < 1.29 is 36.6 Å². The Kier molecular flexibility index (Phi) is 5.87. The zero-order chi connectivity index (χ0) is 18.8. The van der Waals surface area contributed by atoms with Crippen LogP contribution in [0.15, 0.2) is 23.8 Å². The Morgan fingerprint density at radius 3 is 2.68 bits per heavy atom. The maximum atomic E-state index is 13.8. The Morgan fingerprint density at radius 1 is 1.44 bits per heavy atom. The lowest BCUT2D eigenvalue weighted by molar-refractivity contribution is -0.340. The molecule has 3 atom stereocenters. The normalized spacial score (nSPS) is 26.8. The molecule has 2 rings (SSSR count). The summed E-state index contributed by atoms with van der Waals surface area (Å²) >= 11 is 0. The molecule has 25 heavy (non-hydrogen) atoms. The van der Waals surface area contributed by atoms with Gasteiger partial charge in [-0.3, -0.25) is 9.53 Å². The predicted molar refractivity (Wildman–Crippen MR) is 79.1 cm³/mol. The molecule has 2 unspecified atom stereocenters. The van der Waals surface area contributed by atoms with Gasteiger partial charge < -0.3 is 4.74 Å². The molecule has 1 aliphatic carbocycles. The molecule has 0 radical (unpaired) electrons. The number of rotatable bonds is 5. The molecule has 9 heteroatoms. The quantitative estimate of drug-likeness (QED) is 0.700. The largest absolute Gasteiger partial charge is 0.523 e. The minimum atomic E-state index is -4.93. The highest BCUT2D eigenvalue weighted by molar-refractivity contribution is 5.93. The molecule has 1 saturated heterocycles. The first kappa shape index (κ1) is 19.4. The molecule has 1 fully saturated rings. The van der Waals surface area contributed by atoms with Gasteiger partial charge in [-0.15, -0.1) is 13.2 Å². The third-order valence-electron chi connectivity index (χ3n) is 4.03. The van der Waals surface area contributed by atoms with Crippen molar-refractivity contribution in [3.05, 3.63) is 23.8 Å². The average Bonchev–Trinajstić information content (AvgIpc) is 2.88. The molecular weight excluding hydrogens is 346 g/mol.